The Morgan fingerprint density at radius 2 is 1.97 bits per heavy atom. The third kappa shape index (κ3) is 3.46. The average molecular weight is 464 g/mol. The van der Waals surface area contributed by atoms with Crippen LogP contribution in [0.25, 0.3) is 5.65 Å². The smallest absolute Gasteiger partial charge is 0.211 e. The number of hydrogen-bond acceptors (Lipinski definition) is 6. The van der Waals surface area contributed by atoms with Crippen molar-refractivity contribution < 1.29 is 5.11 Å². The van der Waals surface area contributed by atoms with E-state index >= 15 is 0 Å². The van der Waals surface area contributed by atoms with Gasteiger partial charge in [0.2, 0.25) is 5.95 Å². The van der Waals surface area contributed by atoms with Gasteiger partial charge >= 0.3 is 0 Å². The molecule has 2 fully saturated rings. The Kier molecular flexibility index (Phi) is 5.35. The van der Waals surface area contributed by atoms with E-state index in [1.807, 2.05) is 28.9 Å². The highest BCUT2D eigenvalue weighted by Crippen LogP contribution is 2.46. The minimum Gasteiger partial charge on any atom is -0.393 e. The van der Waals surface area contributed by atoms with Gasteiger partial charge in [-0.1, -0.05) is 41.0 Å². The zero-order chi connectivity index (χ0) is 20.9. The van der Waals surface area contributed by atoms with E-state index in [0.717, 1.165) is 53.7 Å². The number of hydrogen-bond donors (Lipinski definition) is 2. The Balaban J connectivity index is 1.40. The quantitative estimate of drug-likeness (QED) is 0.603. The van der Waals surface area contributed by atoms with E-state index in [1.165, 1.54) is 11.8 Å². The van der Waals surface area contributed by atoms with E-state index in [0.29, 0.717) is 16.5 Å². The van der Waals surface area contributed by atoms with Crippen LogP contribution >= 0.6 is 35.0 Å². The minimum atomic E-state index is -0.264. The summed E-state index contributed by atoms with van der Waals surface area (Å²) in [6.45, 7) is 1.74. The van der Waals surface area contributed by atoms with E-state index in [2.05, 4.69) is 9.88 Å². The highest BCUT2D eigenvalue weighted by Gasteiger charge is 2.46. The van der Waals surface area contributed by atoms with Crippen LogP contribution in [0, 0.1) is 5.41 Å². The molecule has 2 aliphatic rings. The van der Waals surface area contributed by atoms with Gasteiger partial charge in [0.25, 0.3) is 0 Å². The zero-order valence-corrected chi connectivity index (χ0v) is 18.7. The summed E-state index contributed by atoms with van der Waals surface area (Å²) in [6.07, 6.45) is 8.79. The van der Waals surface area contributed by atoms with Crippen molar-refractivity contribution in [2.24, 2.45) is 11.1 Å². The molecule has 1 spiro atoms. The van der Waals surface area contributed by atoms with Crippen molar-refractivity contribution in [3.8, 4) is 0 Å². The molecule has 0 bridgehead atoms. The van der Waals surface area contributed by atoms with Crippen LogP contribution < -0.4 is 10.6 Å². The first-order valence-electron chi connectivity index (χ1n) is 10.1. The zero-order valence-electron chi connectivity index (χ0n) is 16.3. The van der Waals surface area contributed by atoms with Crippen molar-refractivity contribution in [3.63, 3.8) is 0 Å². The Morgan fingerprint density at radius 1 is 1.17 bits per heavy atom. The molecule has 0 unspecified atom stereocenters. The van der Waals surface area contributed by atoms with Gasteiger partial charge in [-0.2, -0.15) is 0 Å². The number of anilines is 1. The molecule has 2 aromatic heterocycles. The summed E-state index contributed by atoms with van der Waals surface area (Å²) < 4.78 is 2.03. The Bertz CT molecular complexity index is 1080. The van der Waals surface area contributed by atoms with Crippen LogP contribution in [-0.4, -0.2) is 44.7 Å². The van der Waals surface area contributed by atoms with Gasteiger partial charge < -0.3 is 15.7 Å². The highest BCUT2D eigenvalue weighted by atomic mass is 35.5. The number of benzene rings is 1. The number of imidazole rings is 1. The van der Waals surface area contributed by atoms with Crippen molar-refractivity contribution >= 4 is 46.6 Å². The van der Waals surface area contributed by atoms with Crippen LogP contribution in [0.4, 0.5) is 5.95 Å². The summed E-state index contributed by atoms with van der Waals surface area (Å²) in [6, 6.07) is 5.68. The van der Waals surface area contributed by atoms with Gasteiger partial charge in [0.15, 0.2) is 5.65 Å². The van der Waals surface area contributed by atoms with Gasteiger partial charge in [-0.15, -0.1) is 0 Å². The van der Waals surface area contributed by atoms with Gasteiger partial charge in [-0.05, 0) is 43.2 Å². The molecule has 3 N–H and O–H groups in total. The molecule has 158 valence electrons. The van der Waals surface area contributed by atoms with Crippen molar-refractivity contribution in [3.05, 3.63) is 46.8 Å². The fraction of sp³-hybridized carbons (Fsp3) is 0.429. The summed E-state index contributed by atoms with van der Waals surface area (Å²) in [5.74, 6) is 0.881. The molecule has 1 saturated heterocycles. The maximum Gasteiger partial charge on any atom is 0.211 e. The Labute approximate surface area is 189 Å². The second kappa shape index (κ2) is 7.88. The van der Waals surface area contributed by atoms with Gasteiger partial charge in [-0.3, -0.25) is 4.40 Å². The second-order valence-electron chi connectivity index (χ2n) is 8.25. The molecule has 9 heteroatoms. The molecule has 3 heterocycles. The number of piperidine rings is 1. The maximum absolute atomic E-state index is 10.1. The first-order valence-corrected chi connectivity index (χ1v) is 11.7. The van der Waals surface area contributed by atoms with Crippen molar-refractivity contribution in [2.45, 2.75) is 47.6 Å². The number of halogens is 2. The molecule has 0 amide bonds. The molecule has 5 rings (SSSR count). The van der Waals surface area contributed by atoms with Crippen LogP contribution in [-0.2, 0) is 0 Å². The van der Waals surface area contributed by atoms with Crippen molar-refractivity contribution in [1.82, 2.24) is 14.4 Å². The van der Waals surface area contributed by atoms with Gasteiger partial charge in [-0.25, -0.2) is 9.97 Å². The third-order valence-corrected chi connectivity index (χ3v) is 8.51. The monoisotopic (exact) mass is 463 g/mol. The van der Waals surface area contributed by atoms with Crippen molar-refractivity contribution in [1.29, 1.82) is 0 Å². The molecule has 6 nitrogen and oxygen atoms in total. The molecule has 1 aliphatic carbocycles. The van der Waals surface area contributed by atoms with Crippen molar-refractivity contribution in [2.75, 3.05) is 18.0 Å². The van der Waals surface area contributed by atoms with Crippen LogP contribution in [0.1, 0.15) is 25.7 Å². The molecule has 3 aromatic rings. The fourth-order valence-corrected chi connectivity index (χ4v) is 6.25. The lowest BCUT2D eigenvalue weighted by atomic mass is 9.74. The van der Waals surface area contributed by atoms with E-state index in [1.54, 1.807) is 12.3 Å². The number of rotatable bonds is 3. The first kappa shape index (κ1) is 20.4. The number of nitrogens with two attached hydrogens (primary N) is 1. The largest absolute Gasteiger partial charge is 0.393 e. The van der Waals surface area contributed by atoms with Crippen LogP contribution in [0.5, 0.6) is 0 Å². The number of aliphatic hydroxyl groups is 1. The van der Waals surface area contributed by atoms with Gasteiger partial charge in [0, 0.05) is 42.6 Å². The topological polar surface area (TPSA) is 79.7 Å². The van der Waals surface area contributed by atoms with Gasteiger partial charge in [0.05, 0.1) is 21.0 Å². The molecular weight excluding hydrogens is 441 g/mol. The lowest BCUT2D eigenvalue weighted by Gasteiger charge is -2.42. The van der Waals surface area contributed by atoms with E-state index in [9.17, 15) is 5.11 Å². The molecular formula is C21H23Cl2N5OS. The van der Waals surface area contributed by atoms with E-state index in [4.69, 9.17) is 33.9 Å². The van der Waals surface area contributed by atoms with E-state index in [-0.39, 0.29) is 17.6 Å². The van der Waals surface area contributed by atoms with Crippen LogP contribution in [0.3, 0.4) is 0 Å². The van der Waals surface area contributed by atoms with Crippen LogP contribution in [0.2, 0.25) is 10.0 Å². The summed E-state index contributed by atoms with van der Waals surface area (Å²) >= 11 is 14.0. The molecule has 0 radical (unpaired) electrons. The Hall–Kier alpha value is -1.51. The minimum absolute atomic E-state index is 0.0586. The van der Waals surface area contributed by atoms with Crippen LogP contribution in [0.15, 0.2) is 46.6 Å². The molecule has 2 atom stereocenters. The lowest BCUT2D eigenvalue weighted by Crippen LogP contribution is -2.47. The number of fused-ring (bicyclic) bond motifs is 1. The normalized spacial score (nSPS) is 23.5. The molecule has 1 saturated carbocycles. The average Bonchev–Trinajstić information content (AvgIpc) is 3.32. The summed E-state index contributed by atoms with van der Waals surface area (Å²) in [7, 11) is 0. The molecule has 1 aromatic carbocycles. The van der Waals surface area contributed by atoms with Gasteiger partial charge in [0.1, 0.15) is 0 Å². The third-order valence-electron chi connectivity index (χ3n) is 6.51. The maximum atomic E-state index is 10.1. The number of aliphatic hydroxyl groups excluding tert-OH is 1. The predicted molar refractivity (Wildman–Crippen MR) is 121 cm³/mol. The summed E-state index contributed by atoms with van der Waals surface area (Å²) in [5.41, 5.74) is 7.28. The highest BCUT2D eigenvalue weighted by molar-refractivity contribution is 7.99. The first-order chi connectivity index (χ1) is 14.5. The standard InChI is InChI=1S/C21H23Cl2N5OS/c22-14-2-1-3-15(18(14)23)30-16-12-26-20(28-9-6-25-19(16)28)27-7-4-21(5-8-27)11-13(29)10-17(21)24/h1-3,6,9,12-13,17,29H,4-5,7-8,10-11,24H2/t13-,17+/m0/s1. The molecule has 30 heavy (non-hydrogen) atoms. The summed E-state index contributed by atoms with van der Waals surface area (Å²) in [5, 5.41) is 11.1. The summed E-state index contributed by atoms with van der Waals surface area (Å²) in [4.78, 5) is 13.4. The number of nitrogens with zero attached hydrogens (tertiary/aromatic N) is 4. The fourth-order valence-electron chi connectivity index (χ4n) is 4.84. The van der Waals surface area contributed by atoms with E-state index < -0.39 is 0 Å². The lowest BCUT2D eigenvalue weighted by molar-refractivity contribution is 0.141. The Morgan fingerprint density at radius 3 is 2.70 bits per heavy atom. The SMILES string of the molecule is N[C@@H]1C[C@H](O)CC12CCN(c1ncc(Sc3cccc(Cl)c3Cl)c3nccn13)CC2. The second-order valence-corrected chi connectivity index (χ2v) is 10.1. The molecule has 1 aliphatic heterocycles. The predicted octanol–water partition coefficient (Wildman–Crippen LogP) is 4.26. The number of aromatic nitrogens is 3.